The number of alkyl halides is 3. The van der Waals surface area contributed by atoms with Gasteiger partial charge in [-0.3, -0.25) is 4.55 Å². The second-order valence-electron chi connectivity index (χ2n) is 13.0. The molecule has 0 amide bonds. The van der Waals surface area contributed by atoms with Gasteiger partial charge < -0.3 is 0 Å². The second kappa shape index (κ2) is 29.5. The van der Waals surface area contributed by atoms with E-state index in [0.717, 1.165) is 5.92 Å². The van der Waals surface area contributed by atoms with Crippen molar-refractivity contribution in [3.05, 3.63) is 0 Å². The first-order valence-electron chi connectivity index (χ1n) is 18.2. The van der Waals surface area contributed by atoms with Gasteiger partial charge in [-0.15, -0.1) is 9.24 Å². The molecule has 43 heavy (non-hydrogen) atoms. The van der Waals surface area contributed by atoms with E-state index in [4.69, 9.17) is 13.0 Å². The summed E-state index contributed by atoms with van der Waals surface area (Å²) in [5.74, 6) is 0.940. The minimum absolute atomic E-state index is 0.519. The fourth-order valence-electron chi connectivity index (χ4n) is 6.06. The van der Waals surface area contributed by atoms with E-state index in [9.17, 15) is 13.2 Å². The van der Waals surface area contributed by atoms with Gasteiger partial charge in [-0.05, 0) is 36.8 Å². The van der Waals surface area contributed by atoms with Gasteiger partial charge in [-0.2, -0.15) is 21.6 Å². The summed E-state index contributed by atoms with van der Waals surface area (Å²) in [6.45, 7) is 9.37. The average molecular weight is 661 g/mol. The van der Waals surface area contributed by atoms with Crippen molar-refractivity contribution in [2.45, 2.75) is 218 Å². The Balaban J connectivity index is 0. The van der Waals surface area contributed by atoms with Crippen molar-refractivity contribution < 1.29 is 26.1 Å². The summed E-state index contributed by atoms with van der Waals surface area (Å²) in [7, 11) is -2.35. The summed E-state index contributed by atoms with van der Waals surface area (Å²) >= 11 is 0. The molecular weight excluding hydrogens is 588 g/mol. The van der Waals surface area contributed by atoms with Crippen molar-refractivity contribution in [1.82, 2.24) is 0 Å². The van der Waals surface area contributed by atoms with Crippen molar-refractivity contribution in [3.8, 4) is 0 Å². The molecule has 0 saturated carbocycles. The number of unbranched alkanes of at least 4 members (excludes halogenated alkanes) is 20. The largest absolute Gasteiger partial charge is 0.522 e. The van der Waals surface area contributed by atoms with Gasteiger partial charge in [0.2, 0.25) is 0 Å². The number of hydrogen-bond donors (Lipinski definition) is 1. The van der Waals surface area contributed by atoms with Crippen LogP contribution in [0.2, 0.25) is 0 Å². The van der Waals surface area contributed by atoms with Gasteiger partial charge in [0.15, 0.2) is 0 Å². The zero-order valence-electron chi connectivity index (χ0n) is 28.8. The van der Waals surface area contributed by atoms with Crippen LogP contribution in [0.4, 0.5) is 13.2 Å². The first kappa shape index (κ1) is 45.3. The highest BCUT2D eigenvalue weighted by atomic mass is 32.2. The SMILES string of the molecule is CCCCCCCCCCCCCCC(CCCCCC)C(P)(CCCCCC)CCCCCC.O=S(=O)(O)C(F)(F)F. The Morgan fingerprint density at radius 2 is 0.744 bits per heavy atom. The minimum Gasteiger partial charge on any atom is -0.279 e. The molecule has 0 aliphatic rings. The predicted octanol–water partition coefficient (Wildman–Crippen LogP) is 13.6. The Morgan fingerprint density at radius 1 is 0.512 bits per heavy atom. The molecule has 0 bridgehead atoms. The van der Waals surface area contributed by atoms with E-state index in [1.165, 1.54) is 180 Å². The van der Waals surface area contributed by atoms with Crippen molar-refractivity contribution in [2.24, 2.45) is 5.92 Å². The molecule has 0 aromatic carbocycles. The van der Waals surface area contributed by atoms with Crippen molar-refractivity contribution in [3.63, 3.8) is 0 Å². The van der Waals surface area contributed by atoms with Crippen molar-refractivity contribution in [1.29, 1.82) is 0 Å². The van der Waals surface area contributed by atoms with Crippen LogP contribution in [0.15, 0.2) is 0 Å². The maximum Gasteiger partial charge on any atom is 0.522 e. The van der Waals surface area contributed by atoms with Crippen LogP contribution >= 0.6 is 9.24 Å². The fraction of sp³-hybridized carbons (Fsp3) is 1.00. The first-order chi connectivity index (χ1) is 20.4. The number of hydrogen-bond acceptors (Lipinski definition) is 2. The van der Waals surface area contributed by atoms with Gasteiger partial charge in [0.05, 0.1) is 0 Å². The molecule has 2 atom stereocenters. The summed E-state index contributed by atoms with van der Waals surface area (Å²) in [6.07, 6.45) is 40.6. The van der Waals surface area contributed by atoms with Gasteiger partial charge >= 0.3 is 15.6 Å². The summed E-state index contributed by atoms with van der Waals surface area (Å²) in [4.78, 5) is 0. The van der Waals surface area contributed by atoms with E-state index in [-0.39, 0.29) is 0 Å². The molecule has 0 radical (unpaired) electrons. The highest BCUT2D eigenvalue weighted by Crippen LogP contribution is 2.44. The van der Waals surface area contributed by atoms with Gasteiger partial charge in [0.1, 0.15) is 0 Å². The smallest absolute Gasteiger partial charge is 0.279 e. The second-order valence-corrected chi connectivity index (χ2v) is 15.6. The lowest BCUT2D eigenvalue weighted by Crippen LogP contribution is -2.32. The Hall–Kier alpha value is 0.130. The molecule has 0 rings (SSSR count). The third kappa shape index (κ3) is 28.1. The van der Waals surface area contributed by atoms with Gasteiger partial charge in [-0.1, -0.05) is 182 Å². The Labute approximate surface area is 269 Å². The fourth-order valence-corrected chi connectivity index (χ4v) is 6.81. The van der Waals surface area contributed by atoms with E-state index in [1.54, 1.807) is 0 Å². The molecule has 3 nitrogen and oxygen atoms in total. The molecule has 0 aromatic heterocycles. The van der Waals surface area contributed by atoms with Crippen LogP contribution in [0.1, 0.15) is 207 Å². The van der Waals surface area contributed by atoms with Crippen molar-refractivity contribution >= 4 is 19.4 Å². The molecule has 8 heteroatoms. The molecule has 262 valence electrons. The monoisotopic (exact) mass is 660 g/mol. The van der Waals surface area contributed by atoms with E-state index in [2.05, 4.69) is 36.9 Å². The molecule has 2 unspecified atom stereocenters. The average Bonchev–Trinajstić information content (AvgIpc) is 2.94. The standard InChI is InChI=1S/C34H71P.CHF3O3S/c1-5-9-13-17-18-19-20-21-22-23-24-26-30-33(29-25-14-10-6-2)34(35,31-27-15-11-7-3)32-28-16-12-8-4;2-1(3,4)8(5,6)7/h33H,5-32,35H2,1-4H3;(H,5,6,7). The highest BCUT2D eigenvalue weighted by molar-refractivity contribution is 7.86. The van der Waals surface area contributed by atoms with E-state index in [1.807, 2.05) is 0 Å². The molecule has 0 fully saturated rings. The molecule has 0 saturated heterocycles. The summed E-state index contributed by atoms with van der Waals surface area (Å²) in [5.41, 5.74) is -5.53. The predicted molar refractivity (Wildman–Crippen MR) is 186 cm³/mol. The minimum atomic E-state index is -5.84. The zero-order chi connectivity index (χ0) is 32.9. The summed E-state index contributed by atoms with van der Waals surface area (Å²) < 4.78 is 57.5. The van der Waals surface area contributed by atoms with Gasteiger partial charge in [-0.25, -0.2) is 0 Å². The van der Waals surface area contributed by atoms with E-state index >= 15 is 0 Å². The van der Waals surface area contributed by atoms with Crippen LogP contribution in [0.5, 0.6) is 0 Å². The highest BCUT2D eigenvalue weighted by Gasteiger charge is 2.44. The van der Waals surface area contributed by atoms with Crippen LogP contribution in [0.25, 0.3) is 0 Å². The summed E-state index contributed by atoms with van der Waals surface area (Å²) in [6, 6.07) is 0. The van der Waals surface area contributed by atoms with Crippen LogP contribution in [-0.2, 0) is 10.1 Å². The van der Waals surface area contributed by atoms with E-state index < -0.39 is 15.6 Å². The zero-order valence-corrected chi connectivity index (χ0v) is 30.7. The van der Waals surface area contributed by atoms with Crippen LogP contribution in [0, 0.1) is 5.92 Å². The normalized spacial score (nSPS) is 13.1. The lowest BCUT2D eigenvalue weighted by atomic mass is 9.77. The van der Waals surface area contributed by atoms with Crippen LogP contribution in [0.3, 0.4) is 0 Å². The maximum absolute atomic E-state index is 10.7. The van der Waals surface area contributed by atoms with Crippen molar-refractivity contribution in [2.75, 3.05) is 0 Å². The van der Waals surface area contributed by atoms with Gasteiger partial charge in [0, 0.05) is 0 Å². The molecule has 1 N–H and O–H groups in total. The molecule has 0 aromatic rings. The Bertz CT molecular complexity index is 674. The Kier molecular flexibility index (Phi) is 31.1. The lowest BCUT2D eigenvalue weighted by molar-refractivity contribution is -0.0510. The molecular formula is C35H72F3O3PS. The van der Waals surface area contributed by atoms with Crippen LogP contribution in [-0.4, -0.2) is 23.6 Å². The quantitative estimate of drug-likeness (QED) is 0.0376. The van der Waals surface area contributed by atoms with E-state index in [0.29, 0.717) is 5.16 Å². The first-order valence-corrected chi connectivity index (χ1v) is 20.2. The topological polar surface area (TPSA) is 54.4 Å². The number of halogens is 3. The third-order valence-corrected chi connectivity index (χ3v) is 10.5. The lowest BCUT2D eigenvalue weighted by Gasteiger charge is -2.39. The molecule has 0 aliphatic carbocycles. The van der Waals surface area contributed by atoms with Crippen LogP contribution < -0.4 is 0 Å². The molecule has 0 aliphatic heterocycles. The summed E-state index contributed by atoms with van der Waals surface area (Å²) in [5, 5.41) is 0.519. The molecule has 0 heterocycles. The molecule has 0 spiro atoms. The maximum atomic E-state index is 10.7. The number of rotatable bonds is 29. The van der Waals surface area contributed by atoms with Gasteiger partial charge in [0.25, 0.3) is 0 Å². The third-order valence-electron chi connectivity index (χ3n) is 8.91. The Morgan fingerprint density at radius 3 is 1.02 bits per heavy atom.